The molecule has 0 aliphatic heterocycles. The zero-order chi connectivity index (χ0) is 9.84. The lowest BCUT2D eigenvalue weighted by atomic mass is 10.4. The number of benzene rings is 1. The molecule has 0 aliphatic rings. The SMILES string of the molecule is CC(Sc1cccc(Cl)c1)C(N)=O. The Balaban J connectivity index is 2.69. The molecule has 0 heterocycles. The number of carbonyl (C=O) groups is 1. The van der Waals surface area contributed by atoms with Crippen LogP contribution < -0.4 is 5.73 Å². The van der Waals surface area contributed by atoms with Gasteiger partial charge in [0, 0.05) is 9.92 Å². The highest BCUT2D eigenvalue weighted by Crippen LogP contribution is 2.25. The largest absolute Gasteiger partial charge is 0.369 e. The first-order valence-corrected chi connectivity index (χ1v) is 5.07. The molecule has 0 spiro atoms. The monoisotopic (exact) mass is 215 g/mol. The Morgan fingerprint density at radius 2 is 2.31 bits per heavy atom. The highest BCUT2D eigenvalue weighted by molar-refractivity contribution is 8.00. The first-order chi connectivity index (χ1) is 6.09. The van der Waals surface area contributed by atoms with Gasteiger partial charge in [0.1, 0.15) is 0 Å². The molecule has 0 aromatic heterocycles. The Hall–Kier alpha value is -0.670. The van der Waals surface area contributed by atoms with Gasteiger partial charge < -0.3 is 5.73 Å². The van der Waals surface area contributed by atoms with Gasteiger partial charge in [-0.05, 0) is 25.1 Å². The van der Waals surface area contributed by atoms with Gasteiger partial charge in [0.2, 0.25) is 5.91 Å². The summed E-state index contributed by atoms with van der Waals surface area (Å²) in [5.74, 6) is -0.315. The molecule has 1 aromatic carbocycles. The molecular formula is C9H10ClNOS. The average molecular weight is 216 g/mol. The lowest BCUT2D eigenvalue weighted by molar-refractivity contribution is -0.117. The van der Waals surface area contributed by atoms with E-state index in [1.807, 2.05) is 18.2 Å². The van der Waals surface area contributed by atoms with E-state index in [1.165, 1.54) is 11.8 Å². The van der Waals surface area contributed by atoms with Crippen LogP contribution in [0.1, 0.15) is 6.92 Å². The average Bonchev–Trinajstić information content (AvgIpc) is 2.04. The van der Waals surface area contributed by atoms with Crippen molar-refractivity contribution in [1.29, 1.82) is 0 Å². The summed E-state index contributed by atoms with van der Waals surface area (Å²) < 4.78 is 0. The summed E-state index contributed by atoms with van der Waals surface area (Å²) in [5, 5.41) is 0.445. The first kappa shape index (κ1) is 10.4. The van der Waals surface area contributed by atoms with E-state index >= 15 is 0 Å². The number of nitrogens with two attached hydrogens (primary N) is 1. The topological polar surface area (TPSA) is 43.1 Å². The second-order valence-corrected chi connectivity index (χ2v) is 4.47. The molecule has 0 aliphatic carbocycles. The molecule has 0 saturated carbocycles. The van der Waals surface area contributed by atoms with Crippen molar-refractivity contribution in [1.82, 2.24) is 0 Å². The fourth-order valence-electron chi connectivity index (χ4n) is 0.803. The third-order valence-electron chi connectivity index (χ3n) is 1.51. The zero-order valence-corrected chi connectivity index (χ0v) is 8.73. The normalized spacial score (nSPS) is 12.5. The predicted molar refractivity (Wildman–Crippen MR) is 56.0 cm³/mol. The minimum atomic E-state index is -0.315. The molecule has 1 unspecified atom stereocenters. The number of hydrogen-bond acceptors (Lipinski definition) is 2. The van der Waals surface area contributed by atoms with Crippen molar-refractivity contribution < 1.29 is 4.79 Å². The van der Waals surface area contributed by atoms with E-state index in [2.05, 4.69) is 0 Å². The van der Waals surface area contributed by atoms with Crippen molar-refractivity contribution >= 4 is 29.3 Å². The van der Waals surface area contributed by atoms with Crippen LogP contribution in [0.2, 0.25) is 5.02 Å². The fraction of sp³-hybridized carbons (Fsp3) is 0.222. The molecule has 70 valence electrons. The van der Waals surface area contributed by atoms with Crippen molar-refractivity contribution in [2.24, 2.45) is 5.73 Å². The van der Waals surface area contributed by atoms with E-state index in [0.29, 0.717) is 5.02 Å². The number of primary amides is 1. The number of carbonyl (C=O) groups excluding carboxylic acids is 1. The molecule has 0 fully saturated rings. The van der Waals surface area contributed by atoms with Crippen LogP contribution >= 0.6 is 23.4 Å². The molecule has 4 heteroatoms. The van der Waals surface area contributed by atoms with Gasteiger partial charge in [0.25, 0.3) is 0 Å². The van der Waals surface area contributed by atoms with Gasteiger partial charge in [-0.15, -0.1) is 11.8 Å². The molecule has 1 aromatic rings. The van der Waals surface area contributed by atoms with E-state index in [4.69, 9.17) is 17.3 Å². The van der Waals surface area contributed by atoms with Crippen LogP contribution in [0.25, 0.3) is 0 Å². The van der Waals surface area contributed by atoms with Crippen molar-refractivity contribution in [3.63, 3.8) is 0 Å². The van der Waals surface area contributed by atoms with Crippen molar-refractivity contribution in [3.05, 3.63) is 29.3 Å². The number of halogens is 1. The highest BCUT2D eigenvalue weighted by atomic mass is 35.5. The fourth-order valence-corrected chi connectivity index (χ4v) is 1.93. The molecule has 1 rings (SSSR count). The quantitative estimate of drug-likeness (QED) is 0.787. The van der Waals surface area contributed by atoms with Crippen LogP contribution in [0.15, 0.2) is 29.2 Å². The van der Waals surface area contributed by atoms with E-state index in [-0.39, 0.29) is 11.2 Å². The minimum Gasteiger partial charge on any atom is -0.369 e. The first-order valence-electron chi connectivity index (χ1n) is 3.81. The van der Waals surface area contributed by atoms with E-state index in [1.54, 1.807) is 13.0 Å². The molecule has 0 radical (unpaired) electrons. The number of hydrogen-bond donors (Lipinski definition) is 1. The molecule has 1 amide bonds. The number of rotatable bonds is 3. The van der Waals surface area contributed by atoms with Gasteiger partial charge in [-0.1, -0.05) is 17.7 Å². The molecule has 2 N–H and O–H groups in total. The maximum Gasteiger partial charge on any atom is 0.230 e. The van der Waals surface area contributed by atoms with Crippen LogP contribution in [-0.4, -0.2) is 11.2 Å². The lowest BCUT2D eigenvalue weighted by Gasteiger charge is -2.06. The summed E-state index contributed by atoms with van der Waals surface area (Å²) in [6, 6.07) is 7.35. The number of amides is 1. The van der Waals surface area contributed by atoms with Crippen molar-refractivity contribution in [2.45, 2.75) is 17.1 Å². The van der Waals surface area contributed by atoms with Crippen LogP contribution in [-0.2, 0) is 4.79 Å². The standard InChI is InChI=1S/C9H10ClNOS/c1-6(9(11)12)13-8-4-2-3-7(10)5-8/h2-6H,1H3,(H2,11,12). The third kappa shape index (κ3) is 3.28. The Morgan fingerprint density at radius 1 is 1.62 bits per heavy atom. The Morgan fingerprint density at radius 3 is 2.85 bits per heavy atom. The lowest BCUT2D eigenvalue weighted by Crippen LogP contribution is -2.22. The van der Waals surface area contributed by atoms with Gasteiger partial charge in [-0.3, -0.25) is 4.79 Å². The van der Waals surface area contributed by atoms with Gasteiger partial charge >= 0.3 is 0 Å². The molecule has 2 nitrogen and oxygen atoms in total. The molecular weight excluding hydrogens is 206 g/mol. The summed E-state index contributed by atoms with van der Waals surface area (Å²) in [6.45, 7) is 1.77. The van der Waals surface area contributed by atoms with Crippen LogP contribution in [0.3, 0.4) is 0 Å². The van der Waals surface area contributed by atoms with Crippen LogP contribution in [0.5, 0.6) is 0 Å². The summed E-state index contributed by atoms with van der Waals surface area (Å²) in [5.41, 5.74) is 5.13. The summed E-state index contributed by atoms with van der Waals surface area (Å²) >= 11 is 7.19. The van der Waals surface area contributed by atoms with Crippen molar-refractivity contribution in [2.75, 3.05) is 0 Å². The van der Waals surface area contributed by atoms with E-state index in [0.717, 1.165) is 4.90 Å². The predicted octanol–water partition coefficient (Wildman–Crippen LogP) is 2.31. The molecule has 0 saturated heterocycles. The van der Waals surface area contributed by atoms with Gasteiger partial charge in [-0.25, -0.2) is 0 Å². The van der Waals surface area contributed by atoms with E-state index in [9.17, 15) is 4.79 Å². The Bertz CT molecular complexity index is 316. The summed E-state index contributed by atoms with van der Waals surface area (Å²) in [7, 11) is 0. The molecule has 13 heavy (non-hydrogen) atoms. The van der Waals surface area contributed by atoms with Crippen LogP contribution in [0.4, 0.5) is 0 Å². The zero-order valence-electron chi connectivity index (χ0n) is 7.16. The second-order valence-electron chi connectivity index (χ2n) is 2.62. The number of thioether (sulfide) groups is 1. The third-order valence-corrected chi connectivity index (χ3v) is 2.86. The van der Waals surface area contributed by atoms with Crippen molar-refractivity contribution in [3.8, 4) is 0 Å². The second kappa shape index (κ2) is 4.53. The maximum absolute atomic E-state index is 10.8. The van der Waals surface area contributed by atoms with Gasteiger partial charge in [-0.2, -0.15) is 0 Å². The molecule has 1 atom stereocenters. The van der Waals surface area contributed by atoms with Gasteiger partial charge in [0.15, 0.2) is 0 Å². The Kier molecular flexibility index (Phi) is 3.63. The summed E-state index contributed by atoms with van der Waals surface area (Å²) in [6.07, 6.45) is 0. The minimum absolute atomic E-state index is 0.224. The Labute approximate surface area is 86.5 Å². The maximum atomic E-state index is 10.8. The molecule has 0 bridgehead atoms. The van der Waals surface area contributed by atoms with Gasteiger partial charge in [0.05, 0.1) is 5.25 Å². The highest BCUT2D eigenvalue weighted by Gasteiger charge is 2.09. The smallest absolute Gasteiger partial charge is 0.230 e. The summed E-state index contributed by atoms with van der Waals surface area (Å²) in [4.78, 5) is 11.7. The van der Waals surface area contributed by atoms with E-state index < -0.39 is 0 Å². The van der Waals surface area contributed by atoms with Crippen LogP contribution in [0, 0.1) is 0 Å².